The Morgan fingerprint density at radius 2 is 2.16 bits per heavy atom. The first-order valence-electron chi connectivity index (χ1n) is 6.53. The van der Waals surface area contributed by atoms with E-state index in [1.807, 2.05) is 39.0 Å². The lowest BCUT2D eigenvalue weighted by Crippen LogP contribution is -2.41. The number of carbonyl (C=O) groups is 1. The van der Waals surface area contributed by atoms with Crippen molar-refractivity contribution in [2.45, 2.75) is 32.6 Å². The molecule has 2 N–H and O–H groups in total. The first-order valence-corrected chi connectivity index (χ1v) is 6.91. The maximum absolute atomic E-state index is 12.3. The monoisotopic (exact) mass is 283 g/mol. The average molecular weight is 284 g/mol. The van der Waals surface area contributed by atoms with Gasteiger partial charge in [0, 0.05) is 18.2 Å². The predicted molar refractivity (Wildman–Crippen MR) is 78.4 cm³/mol. The van der Waals surface area contributed by atoms with Gasteiger partial charge in [-0.25, -0.2) is 0 Å². The number of hydrogen-bond donors (Lipinski definition) is 2. The van der Waals surface area contributed by atoms with Gasteiger partial charge >= 0.3 is 0 Å². The summed E-state index contributed by atoms with van der Waals surface area (Å²) < 4.78 is 0. The molecule has 1 aromatic rings. The van der Waals surface area contributed by atoms with Crippen LogP contribution in [-0.2, 0) is 10.2 Å². The highest BCUT2D eigenvalue weighted by atomic mass is 35.5. The summed E-state index contributed by atoms with van der Waals surface area (Å²) in [5.41, 5.74) is 0.274. The Morgan fingerprint density at radius 3 is 2.74 bits per heavy atom. The van der Waals surface area contributed by atoms with E-state index in [-0.39, 0.29) is 18.4 Å². The van der Waals surface area contributed by atoms with Crippen LogP contribution in [0.1, 0.15) is 32.8 Å². The van der Waals surface area contributed by atoms with Gasteiger partial charge in [0.15, 0.2) is 0 Å². The Morgan fingerprint density at radius 1 is 1.47 bits per heavy atom. The van der Waals surface area contributed by atoms with Crippen molar-refractivity contribution in [1.82, 2.24) is 5.32 Å². The topological polar surface area (TPSA) is 49.3 Å². The molecule has 0 saturated heterocycles. The second-order valence-electron chi connectivity index (χ2n) is 5.46. The van der Waals surface area contributed by atoms with Gasteiger partial charge in [-0.05, 0) is 43.9 Å². The van der Waals surface area contributed by atoms with Crippen molar-refractivity contribution in [3.8, 4) is 0 Å². The highest BCUT2D eigenvalue weighted by molar-refractivity contribution is 6.30. The second-order valence-corrected chi connectivity index (χ2v) is 5.90. The molecule has 0 spiro atoms. The number of hydrogen-bond acceptors (Lipinski definition) is 2. The van der Waals surface area contributed by atoms with E-state index in [2.05, 4.69) is 5.32 Å². The van der Waals surface area contributed by atoms with Crippen LogP contribution in [0.5, 0.6) is 0 Å². The number of halogens is 1. The maximum Gasteiger partial charge on any atom is 0.230 e. The minimum Gasteiger partial charge on any atom is -0.396 e. The molecule has 0 saturated carbocycles. The Hall–Kier alpha value is -1.06. The highest BCUT2D eigenvalue weighted by Crippen LogP contribution is 2.25. The van der Waals surface area contributed by atoms with E-state index in [4.69, 9.17) is 16.7 Å². The van der Waals surface area contributed by atoms with Gasteiger partial charge in [0.2, 0.25) is 5.91 Å². The summed E-state index contributed by atoms with van der Waals surface area (Å²) >= 11 is 5.96. The molecule has 0 heterocycles. The molecule has 4 heteroatoms. The molecule has 106 valence electrons. The lowest BCUT2D eigenvalue weighted by Gasteiger charge is -2.25. The summed E-state index contributed by atoms with van der Waals surface area (Å²) in [6.45, 7) is 6.48. The maximum atomic E-state index is 12.3. The largest absolute Gasteiger partial charge is 0.396 e. The van der Waals surface area contributed by atoms with Gasteiger partial charge in [0.25, 0.3) is 0 Å². The van der Waals surface area contributed by atoms with Crippen LogP contribution in [0.25, 0.3) is 0 Å². The number of amides is 1. The number of benzene rings is 1. The Kier molecular flexibility index (Phi) is 5.83. The first kappa shape index (κ1) is 16.0. The standard InChI is InChI=1S/C15H22ClNO2/c1-11(7-8-18)10-17-14(19)15(2,3)12-5-4-6-13(16)9-12/h4-6,9,11,18H,7-8,10H2,1-3H3,(H,17,19). The fraction of sp³-hybridized carbons (Fsp3) is 0.533. The zero-order valence-corrected chi connectivity index (χ0v) is 12.5. The normalized spacial score (nSPS) is 13.1. The van der Waals surface area contributed by atoms with Crippen molar-refractivity contribution >= 4 is 17.5 Å². The number of aliphatic hydroxyl groups excluding tert-OH is 1. The Balaban J connectivity index is 2.69. The van der Waals surface area contributed by atoms with Gasteiger partial charge in [0.05, 0.1) is 5.41 Å². The number of carbonyl (C=O) groups excluding carboxylic acids is 1. The Labute approximate surface area is 120 Å². The second kappa shape index (κ2) is 6.92. The molecule has 0 aliphatic heterocycles. The van der Waals surface area contributed by atoms with E-state index in [0.717, 1.165) is 5.56 Å². The summed E-state index contributed by atoms with van der Waals surface area (Å²) in [6, 6.07) is 7.37. The van der Waals surface area contributed by atoms with Crippen molar-refractivity contribution < 1.29 is 9.90 Å². The van der Waals surface area contributed by atoms with Gasteiger partial charge < -0.3 is 10.4 Å². The van der Waals surface area contributed by atoms with Crippen LogP contribution in [0.4, 0.5) is 0 Å². The highest BCUT2D eigenvalue weighted by Gasteiger charge is 2.29. The van der Waals surface area contributed by atoms with Crippen molar-refractivity contribution in [3.05, 3.63) is 34.9 Å². The van der Waals surface area contributed by atoms with Crippen molar-refractivity contribution in [2.24, 2.45) is 5.92 Å². The summed E-state index contributed by atoms with van der Waals surface area (Å²) in [5.74, 6) is 0.240. The molecular weight excluding hydrogens is 262 g/mol. The summed E-state index contributed by atoms with van der Waals surface area (Å²) in [6.07, 6.45) is 0.692. The van der Waals surface area contributed by atoms with E-state index in [0.29, 0.717) is 18.0 Å². The molecule has 0 radical (unpaired) electrons. The van der Waals surface area contributed by atoms with Crippen LogP contribution >= 0.6 is 11.6 Å². The summed E-state index contributed by atoms with van der Waals surface area (Å²) in [4.78, 5) is 12.3. The number of nitrogens with one attached hydrogen (secondary N) is 1. The molecule has 1 atom stereocenters. The van der Waals surface area contributed by atoms with Gasteiger partial charge in [-0.2, -0.15) is 0 Å². The van der Waals surface area contributed by atoms with Crippen molar-refractivity contribution in [3.63, 3.8) is 0 Å². The average Bonchev–Trinajstić information content (AvgIpc) is 2.36. The lowest BCUT2D eigenvalue weighted by molar-refractivity contribution is -0.125. The van der Waals surface area contributed by atoms with Crippen LogP contribution in [0.3, 0.4) is 0 Å². The minimum atomic E-state index is -0.621. The predicted octanol–water partition coefficient (Wildman–Crippen LogP) is 2.75. The van der Waals surface area contributed by atoms with Gasteiger partial charge in [-0.15, -0.1) is 0 Å². The zero-order chi connectivity index (χ0) is 14.5. The van der Waals surface area contributed by atoms with Crippen LogP contribution in [0.2, 0.25) is 5.02 Å². The number of aliphatic hydroxyl groups is 1. The lowest BCUT2D eigenvalue weighted by atomic mass is 9.83. The molecule has 0 aliphatic rings. The third kappa shape index (κ3) is 4.51. The van der Waals surface area contributed by atoms with Gasteiger partial charge in [0.1, 0.15) is 0 Å². The fourth-order valence-electron chi connectivity index (χ4n) is 1.82. The van der Waals surface area contributed by atoms with E-state index < -0.39 is 5.41 Å². The van der Waals surface area contributed by atoms with E-state index >= 15 is 0 Å². The molecule has 19 heavy (non-hydrogen) atoms. The Bertz CT molecular complexity index is 432. The molecule has 0 fully saturated rings. The quantitative estimate of drug-likeness (QED) is 0.843. The van der Waals surface area contributed by atoms with Gasteiger partial charge in [-0.3, -0.25) is 4.79 Å². The molecular formula is C15H22ClNO2. The number of rotatable bonds is 6. The van der Waals surface area contributed by atoms with Crippen LogP contribution in [0.15, 0.2) is 24.3 Å². The van der Waals surface area contributed by atoms with Gasteiger partial charge in [-0.1, -0.05) is 30.7 Å². The molecule has 1 aromatic carbocycles. The van der Waals surface area contributed by atoms with Crippen molar-refractivity contribution in [1.29, 1.82) is 0 Å². The first-order chi connectivity index (χ1) is 8.87. The fourth-order valence-corrected chi connectivity index (χ4v) is 2.01. The molecule has 1 amide bonds. The molecule has 1 rings (SSSR count). The molecule has 3 nitrogen and oxygen atoms in total. The minimum absolute atomic E-state index is 0.0282. The van der Waals surface area contributed by atoms with Crippen LogP contribution in [-0.4, -0.2) is 24.2 Å². The molecule has 0 bridgehead atoms. The van der Waals surface area contributed by atoms with Crippen LogP contribution in [0, 0.1) is 5.92 Å². The summed E-state index contributed by atoms with van der Waals surface area (Å²) in [5, 5.41) is 12.4. The van der Waals surface area contributed by atoms with E-state index in [1.54, 1.807) is 6.07 Å². The molecule has 0 aromatic heterocycles. The van der Waals surface area contributed by atoms with E-state index in [9.17, 15) is 4.79 Å². The van der Waals surface area contributed by atoms with Crippen LogP contribution < -0.4 is 5.32 Å². The molecule has 1 unspecified atom stereocenters. The summed E-state index contributed by atoms with van der Waals surface area (Å²) in [7, 11) is 0. The van der Waals surface area contributed by atoms with Crippen molar-refractivity contribution in [2.75, 3.05) is 13.2 Å². The third-order valence-corrected chi connectivity index (χ3v) is 3.58. The third-order valence-electron chi connectivity index (χ3n) is 3.35. The smallest absolute Gasteiger partial charge is 0.230 e. The molecule has 0 aliphatic carbocycles. The SMILES string of the molecule is CC(CCO)CNC(=O)C(C)(C)c1cccc(Cl)c1. The van der Waals surface area contributed by atoms with E-state index in [1.165, 1.54) is 0 Å². The zero-order valence-electron chi connectivity index (χ0n) is 11.7.